The summed E-state index contributed by atoms with van der Waals surface area (Å²) in [5.74, 6) is -0.844. The van der Waals surface area contributed by atoms with Crippen LogP contribution in [0.3, 0.4) is 0 Å². The van der Waals surface area contributed by atoms with Crippen LogP contribution in [0, 0.1) is 17.1 Å². The summed E-state index contributed by atoms with van der Waals surface area (Å²) in [5, 5.41) is 14.5. The van der Waals surface area contributed by atoms with Crippen molar-refractivity contribution in [3.8, 4) is 6.07 Å². The van der Waals surface area contributed by atoms with E-state index >= 15 is 0 Å². The second kappa shape index (κ2) is 8.11. The normalized spacial score (nSPS) is 10.7. The number of carbonyl (C=O) groups is 1. The molecule has 116 valence electrons. The van der Waals surface area contributed by atoms with Gasteiger partial charge in [0, 0.05) is 22.9 Å². The largest absolute Gasteiger partial charge is 0.386 e. The van der Waals surface area contributed by atoms with Crippen LogP contribution >= 0.6 is 15.9 Å². The van der Waals surface area contributed by atoms with E-state index in [1.54, 1.807) is 36.4 Å². The Bertz CT molecular complexity index is 766. The molecule has 0 spiro atoms. The number of nitrogens with zero attached hydrogens (tertiary/aromatic N) is 1. The zero-order valence-corrected chi connectivity index (χ0v) is 13.6. The molecular formula is C17H13BrFN3O. The lowest BCUT2D eigenvalue weighted by Gasteiger charge is -2.05. The van der Waals surface area contributed by atoms with Crippen molar-refractivity contribution in [3.63, 3.8) is 0 Å². The number of nitriles is 1. The first-order chi connectivity index (χ1) is 11.1. The quantitative estimate of drug-likeness (QED) is 0.619. The zero-order chi connectivity index (χ0) is 16.7. The third-order valence-corrected chi connectivity index (χ3v) is 3.44. The van der Waals surface area contributed by atoms with Gasteiger partial charge in [-0.25, -0.2) is 4.39 Å². The van der Waals surface area contributed by atoms with Crippen LogP contribution in [-0.4, -0.2) is 5.91 Å². The lowest BCUT2D eigenvalue weighted by Crippen LogP contribution is -2.16. The SMILES string of the molecule is N#C/C(=C/NCc1cccc(F)c1)C(=O)Nc1ccc(Br)cc1. The number of hydrogen-bond acceptors (Lipinski definition) is 3. The lowest BCUT2D eigenvalue weighted by atomic mass is 10.2. The fourth-order valence-corrected chi connectivity index (χ4v) is 2.06. The van der Waals surface area contributed by atoms with Gasteiger partial charge in [0.05, 0.1) is 0 Å². The molecule has 0 unspecified atom stereocenters. The van der Waals surface area contributed by atoms with Crippen molar-refractivity contribution in [2.24, 2.45) is 0 Å². The number of amides is 1. The van der Waals surface area contributed by atoms with Crippen molar-refractivity contribution in [1.29, 1.82) is 5.26 Å². The average Bonchev–Trinajstić information content (AvgIpc) is 2.54. The van der Waals surface area contributed by atoms with Gasteiger partial charge < -0.3 is 10.6 Å². The summed E-state index contributed by atoms with van der Waals surface area (Å²) in [6, 6.07) is 14.9. The Hall–Kier alpha value is -2.65. The number of anilines is 1. The Balaban J connectivity index is 1.96. The first-order valence-corrected chi connectivity index (χ1v) is 7.53. The highest BCUT2D eigenvalue weighted by molar-refractivity contribution is 9.10. The Kier molecular flexibility index (Phi) is 5.89. The Morgan fingerprint density at radius 3 is 2.65 bits per heavy atom. The summed E-state index contributed by atoms with van der Waals surface area (Å²) in [6.45, 7) is 0.314. The molecule has 0 aromatic heterocycles. The highest BCUT2D eigenvalue weighted by atomic mass is 79.9. The summed E-state index contributed by atoms with van der Waals surface area (Å²) < 4.78 is 13.9. The molecule has 23 heavy (non-hydrogen) atoms. The molecular weight excluding hydrogens is 361 g/mol. The highest BCUT2D eigenvalue weighted by Gasteiger charge is 2.09. The molecule has 0 atom stereocenters. The molecule has 0 bridgehead atoms. The van der Waals surface area contributed by atoms with Gasteiger partial charge in [-0.1, -0.05) is 28.1 Å². The molecule has 0 aliphatic carbocycles. The van der Waals surface area contributed by atoms with Gasteiger partial charge in [0.1, 0.15) is 17.5 Å². The van der Waals surface area contributed by atoms with E-state index in [2.05, 4.69) is 26.6 Å². The van der Waals surface area contributed by atoms with Gasteiger partial charge in [0.2, 0.25) is 0 Å². The standard InChI is InChI=1S/C17H13BrFN3O/c18-14-4-6-16(7-5-14)22-17(23)13(9-20)11-21-10-12-2-1-3-15(19)8-12/h1-8,11,21H,10H2,(H,22,23)/b13-11-. The van der Waals surface area contributed by atoms with E-state index < -0.39 is 5.91 Å². The first kappa shape index (κ1) is 16.7. The lowest BCUT2D eigenvalue weighted by molar-refractivity contribution is -0.112. The third kappa shape index (κ3) is 5.24. The molecule has 6 heteroatoms. The van der Waals surface area contributed by atoms with Gasteiger partial charge in [-0.05, 0) is 42.0 Å². The van der Waals surface area contributed by atoms with Crippen molar-refractivity contribution in [2.75, 3.05) is 5.32 Å². The van der Waals surface area contributed by atoms with Crippen molar-refractivity contribution >= 4 is 27.5 Å². The minimum Gasteiger partial charge on any atom is -0.386 e. The molecule has 0 aliphatic rings. The predicted molar refractivity (Wildman–Crippen MR) is 89.7 cm³/mol. The molecule has 0 aliphatic heterocycles. The highest BCUT2D eigenvalue weighted by Crippen LogP contribution is 2.14. The maximum absolute atomic E-state index is 13.1. The van der Waals surface area contributed by atoms with Crippen LogP contribution in [0.15, 0.2) is 64.8 Å². The van der Waals surface area contributed by atoms with Crippen LogP contribution in [-0.2, 0) is 11.3 Å². The van der Waals surface area contributed by atoms with Crippen molar-refractivity contribution in [2.45, 2.75) is 6.54 Å². The van der Waals surface area contributed by atoms with Crippen LogP contribution in [0.4, 0.5) is 10.1 Å². The second-order valence-corrected chi connectivity index (χ2v) is 5.56. The number of carbonyl (C=O) groups excluding carboxylic acids is 1. The third-order valence-electron chi connectivity index (χ3n) is 2.91. The van der Waals surface area contributed by atoms with Gasteiger partial charge in [-0.2, -0.15) is 5.26 Å². The molecule has 0 saturated heterocycles. The van der Waals surface area contributed by atoms with E-state index in [1.165, 1.54) is 18.3 Å². The number of halogens is 2. The number of rotatable bonds is 5. The second-order valence-electron chi connectivity index (χ2n) is 4.64. The summed E-state index contributed by atoms with van der Waals surface area (Å²) in [4.78, 5) is 12.0. The first-order valence-electron chi connectivity index (χ1n) is 6.73. The summed E-state index contributed by atoms with van der Waals surface area (Å²) >= 11 is 3.30. The minimum atomic E-state index is -0.512. The molecule has 1 amide bonds. The van der Waals surface area contributed by atoms with Crippen molar-refractivity contribution in [3.05, 3.63) is 76.2 Å². The van der Waals surface area contributed by atoms with E-state index in [-0.39, 0.29) is 11.4 Å². The molecule has 0 saturated carbocycles. The van der Waals surface area contributed by atoms with Crippen LogP contribution in [0.25, 0.3) is 0 Å². The van der Waals surface area contributed by atoms with Gasteiger partial charge in [-0.15, -0.1) is 0 Å². The van der Waals surface area contributed by atoms with Crippen molar-refractivity contribution < 1.29 is 9.18 Å². The maximum Gasteiger partial charge on any atom is 0.267 e. The predicted octanol–water partition coefficient (Wildman–Crippen LogP) is 3.72. The fraction of sp³-hybridized carbons (Fsp3) is 0.0588. The van der Waals surface area contributed by atoms with Crippen LogP contribution in [0.1, 0.15) is 5.56 Å². The number of hydrogen-bond donors (Lipinski definition) is 2. The topological polar surface area (TPSA) is 64.9 Å². The summed E-state index contributed by atoms with van der Waals surface area (Å²) in [6.07, 6.45) is 1.32. The number of nitrogens with one attached hydrogen (secondary N) is 2. The van der Waals surface area contributed by atoms with Crippen molar-refractivity contribution in [1.82, 2.24) is 5.32 Å². The molecule has 2 N–H and O–H groups in total. The van der Waals surface area contributed by atoms with Gasteiger partial charge in [-0.3, -0.25) is 4.79 Å². The Morgan fingerprint density at radius 1 is 1.26 bits per heavy atom. The van der Waals surface area contributed by atoms with E-state index in [1.807, 2.05) is 6.07 Å². The van der Waals surface area contributed by atoms with Gasteiger partial charge in [0.25, 0.3) is 5.91 Å². The van der Waals surface area contributed by atoms with Gasteiger partial charge in [0.15, 0.2) is 0 Å². The van der Waals surface area contributed by atoms with E-state index in [4.69, 9.17) is 5.26 Å². The fourth-order valence-electron chi connectivity index (χ4n) is 1.80. The van der Waals surface area contributed by atoms with Crippen LogP contribution in [0.5, 0.6) is 0 Å². The molecule has 4 nitrogen and oxygen atoms in total. The van der Waals surface area contributed by atoms with E-state index in [9.17, 15) is 9.18 Å². The summed E-state index contributed by atoms with van der Waals surface area (Å²) in [5.41, 5.74) is 1.24. The molecule has 0 radical (unpaired) electrons. The van der Waals surface area contributed by atoms with Gasteiger partial charge >= 0.3 is 0 Å². The molecule has 0 fully saturated rings. The van der Waals surface area contributed by atoms with Crippen LogP contribution < -0.4 is 10.6 Å². The Morgan fingerprint density at radius 2 is 2.00 bits per heavy atom. The summed E-state index contributed by atoms with van der Waals surface area (Å²) in [7, 11) is 0. The zero-order valence-electron chi connectivity index (χ0n) is 12.0. The molecule has 2 aromatic rings. The van der Waals surface area contributed by atoms with E-state index in [0.717, 1.165) is 4.47 Å². The monoisotopic (exact) mass is 373 g/mol. The van der Waals surface area contributed by atoms with E-state index in [0.29, 0.717) is 17.8 Å². The maximum atomic E-state index is 13.1. The molecule has 2 rings (SSSR count). The molecule has 2 aromatic carbocycles. The molecule has 0 heterocycles. The minimum absolute atomic E-state index is 0.0654. The smallest absolute Gasteiger partial charge is 0.267 e. The number of benzene rings is 2. The average molecular weight is 374 g/mol. The van der Waals surface area contributed by atoms with Crippen LogP contribution in [0.2, 0.25) is 0 Å². The Labute approximate surface area is 141 Å².